The van der Waals surface area contributed by atoms with Crippen molar-refractivity contribution in [3.8, 4) is 5.75 Å². The van der Waals surface area contributed by atoms with Gasteiger partial charge in [-0.2, -0.15) is 0 Å². The molecule has 0 spiro atoms. The molecule has 0 amide bonds. The second-order valence-electron chi connectivity index (χ2n) is 4.81. The van der Waals surface area contributed by atoms with Crippen LogP contribution in [0.1, 0.15) is 11.3 Å². The number of benzene rings is 2. The van der Waals surface area contributed by atoms with E-state index in [9.17, 15) is 0 Å². The van der Waals surface area contributed by atoms with Crippen molar-refractivity contribution in [2.75, 3.05) is 12.4 Å². The van der Waals surface area contributed by atoms with Gasteiger partial charge in [0, 0.05) is 11.1 Å². The van der Waals surface area contributed by atoms with E-state index in [0.717, 1.165) is 28.2 Å². The zero-order valence-electron chi connectivity index (χ0n) is 11.6. The van der Waals surface area contributed by atoms with E-state index in [1.54, 1.807) is 7.11 Å². The van der Waals surface area contributed by atoms with E-state index in [1.807, 2.05) is 30.3 Å². The molecule has 0 unspecified atom stereocenters. The van der Waals surface area contributed by atoms with Crippen molar-refractivity contribution in [1.29, 1.82) is 0 Å². The lowest BCUT2D eigenvalue weighted by molar-refractivity contribution is 0.408. The van der Waals surface area contributed by atoms with E-state index >= 15 is 0 Å². The molecule has 20 heavy (non-hydrogen) atoms. The van der Waals surface area contributed by atoms with Gasteiger partial charge in [-0.15, -0.1) is 0 Å². The molecule has 1 N–H and O–H groups in total. The van der Waals surface area contributed by atoms with Crippen molar-refractivity contribution in [1.82, 2.24) is 0 Å². The summed E-state index contributed by atoms with van der Waals surface area (Å²) >= 11 is 0. The Morgan fingerprint density at radius 3 is 2.75 bits per heavy atom. The van der Waals surface area contributed by atoms with Gasteiger partial charge >= 0.3 is 0 Å². The smallest absolute Gasteiger partial charge is 0.176 e. The highest BCUT2D eigenvalue weighted by atomic mass is 16.5. The molecule has 0 aliphatic carbocycles. The third kappa shape index (κ3) is 2.48. The van der Waals surface area contributed by atoms with Gasteiger partial charge in [0.15, 0.2) is 11.3 Å². The van der Waals surface area contributed by atoms with E-state index in [4.69, 9.17) is 9.15 Å². The highest BCUT2D eigenvalue weighted by molar-refractivity contribution is 5.83. The molecule has 1 heterocycles. The Labute approximate surface area is 118 Å². The number of ether oxygens (including phenoxy) is 1. The molecule has 0 fully saturated rings. The lowest BCUT2D eigenvalue weighted by atomic mass is 10.2. The van der Waals surface area contributed by atoms with Crippen LogP contribution >= 0.6 is 0 Å². The summed E-state index contributed by atoms with van der Waals surface area (Å²) in [6.07, 6.45) is 0. The SMILES string of the molecule is COc1cccc2cc(CNc3cccc(C)c3)oc12. The largest absolute Gasteiger partial charge is 0.493 e. The summed E-state index contributed by atoms with van der Waals surface area (Å²) in [5.74, 6) is 1.66. The van der Waals surface area contributed by atoms with Crippen LogP contribution in [0.3, 0.4) is 0 Å². The van der Waals surface area contributed by atoms with Crippen molar-refractivity contribution >= 4 is 16.7 Å². The van der Waals surface area contributed by atoms with E-state index in [-0.39, 0.29) is 0 Å². The number of anilines is 1. The lowest BCUT2D eigenvalue weighted by Crippen LogP contribution is -1.97. The molecule has 3 nitrogen and oxygen atoms in total. The van der Waals surface area contributed by atoms with E-state index < -0.39 is 0 Å². The van der Waals surface area contributed by atoms with Crippen molar-refractivity contribution in [3.05, 3.63) is 59.9 Å². The topological polar surface area (TPSA) is 34.4 Å². The Morgan fingerprint density at radius 2 is 1.95 bits per heavy atom. The van der Waals surface area contributed by atoms with E-state index in [2.05, 4.69) is 30.4 Å². The Kier molecular flexibility index (Phi) is 3.33. The van der Waals surface area contributed by atoms with E-state index in [0.29, 0.717) is 6.54 Å². The van der Waals surface area contributed by atoms with Crippen LogP contribution in [0, 0.1) is 6.92 Å². The fourth-order valence-electron chi connectivity index (χ4n) is 2.28. The van der Waals surface area contributed by atoms with Gasteiger partial charge in [0.25, 0.3) is 0 Å². The Balaban J connectivity index is 1.81. The minimum Gasteiger partial charge on any atom is -0.493 e. The molecule has 3 aromatic rings. The monoisotopic (exact) mass is 267 g/mol. The molecule has 0 radical (unpaired) electrons. The number of nitrogens with one attached hydrogen (secondary N) is 1. The molecule has 0 atom stereocenters. The highest BCUT2D eigenvalue weighted by Gasteiger charge is 2.08. The summed E-state index contributed by atoms with van der Waals surface area (Å²) in [7, 11) is 1.65. The highest BCUT2D eigenvalue weighted by Crippen LogP contribution is 2.28. The van der Waals surface area contributed by atoms with Gasteiger partial charge in [0.1, 0.15) is 5.76 Å². The van der Waals surface area contributed by atoms with Crippen LogP contribution in [0.15, 0.2) is 52.9 Å². The number of rotatable bonds is 4. The Bertz CT molecular complexity index is 731. The second-order valence-corrected chi connectivity index (χ2v) is 4.81. The molecule has 3 heteroatoms. The minimum absolute atomic E-state index is 0.654. The maximum Gasteiger partial charge on any atom is 0.176 e. The third-order valence-corrected chi connectivity index (χ3v) is 3.26. The first-order valence-corrected chi connectivity index (χ1v) is 6.62. The summed E-state index contributed by atoms with van der Waals surface area (Å²) in [4.78, 5) is 0. The van der Waals surface area contributed by atoms with Crippen LogP contribution in [0.2, 0.25) is 0 Å². The second kappa shape index (κ2) is 5.29. The van der Waals surface area contributed by atoms with Gasteiger partial charge in [0.2, 0.25) is 0 Å². The molecule has 0 saturated heterocycles. The van der Waals surface area contributed by atoms with Crippen molar-refractivity contribution in [2.45, 2.75) is 13.5 Å². The van der Waals surface area contributed by atoms with Gasteiger partial charge in [0.05, 0.1) is 13.7 Å². The molecule has 102 valence electrons. The normalized spacial score (nSPS) is 10.7. The average Bonchev–Trinajstić information content (AvgIpc) is 2.88. The zero-order valence-corrected chi connectivity index (χ0v) is 11.6. The average molecular weight is 267 g/mol. The summed E-state index contributed by atoms with van der Waals surface area (Å²) in [5.41, 5.74) is 3.13. The first-order chi connectivity index (χ1) is 9.76. The first kappa shape index (κ1) is 12.6. The minimum atomic E-state index is 0.654. The molecule has 2 aromatic carbocycles. The van der Waals surface area contributed by atoms with E-state index in [1.165, 1.54) is 5.56 Å². The predicted octanol–water partition coefficient (Wildman–Crippen LogP) is 4.36. The van der Waals surface area contributed by atoms with Crippen LogP contribution in [-0.4, -0.2) is 7.11 Å². The molecule has 0 aliphatic heterocycles. The Morgan fingerprint density at radius 1 is 1.10 bits per heavy atom. The number of para-hydroxylation sites is 1. The third-order valence-electron chi connectivity index (χ3n) is 3.26. The van der Waals surface area contributed by atoms with Crippen molar-refractivity contribution < 1.29 is 9.15 Å². The zero-order chi connectivity index (χ0) is 13.9. The Hall–Kier alpha value is -2.42. The van der Waals surface area contributed by atoms with Gasteiger partial charge in [-0.25, -0.2) is 0 Å². The molecule has 3 rings (SSSR count). The van der Waals surface area contributed by atoms with Crippen LogP contribution in [0.4, 0.5) is 5.69 Å². The summed E-state index contributed by atoms with van der Waals surface area (Å²) in [5, 5.41) is 4.43. The molecule has 0 aliphatic rings. The van der Waals surface area contributed by atoms with Crippen LogP contribution in [0.25, 0.3) is 11.0 Å². The first-order valence-electron chi connectivity index (χ1n) is 6.62. The van der Waals surface area contributed by atoms with Crippen LogP contribution < -0.4 is 10.1 Å². The van der Waals surface area contributed by atoms with Gasteiger partial charge in [-0.1, -0.05) is 24.3 Å². The number of hydrogen-bond acceptors (Lipinski definition) is 3. The maximum atomic E-state index is 5.85. The van der Waals surface area contributed by atoms with Crippen molar-refractivity contribution in [3.63, 3.8) is 0 Å². The number of fused-ring (bicyclic) bond motifs is 1. The maximum absolute atomic E-state index is 5.85. The lowest BCUT2D eigenvalue weighted by Gasteiger charge is -2.04. The molecule has 0 bridgehead atoms. The van der Waals surface area contributed by atoms with Crippen LogP contribution in [-0.2, 0) is 6.54 Å². The van der Waals surface area contributed by atoms with Gasteiger partial charge in [-0.3, -0.25) is 0 Å². The summed E-state index contributed by atoms with van der Waals surface area (Å²) in [6, 6.07) is 16.2. The molecular formula is C17H17NO2. The molecule has 1 aromatic heterocycles. The fraction of sp³-hybridized carbons (Fsp3) is 0.176. The van der Waals surface area contributed by atoms with Gasteiger partial charge in [-0.05, 0) is 36.8 Å². The number of furan rings is 1. The molecule has 0 saturated carbocycles. The van der Waals surface area contributed by atoms with Crippen molar-refractivity contribution in [2.24, 2.45) is 0 Å². The summed E-state index contributed by atoms with van der Waals surface area (Å²) in [6.45, 7) is 2.73. The predicted molar refractivity (Wildman–Crippen MR) is 81.3 cm³/mol. The quantitative estimate of drug-likeness (QED) is 0.762. The number of aryl methyl sites for hydroxylation is 1. The summed E-state index contributed by atoms with van der Waals surface area (Å²) < 4.78 is 11.2. The number of hydrogen-bond donors (Lipinski definition) is 1. The standard InChI is InChI=1S/C17H17NO2/c1-12-5-3-7-14(9-12)18-11-15-10-13-6-4-8-16(19-2)17(13)20-15/h3-10,18H,11H2,1-2H3. The fourth-order valence-corrected chi connectivity index (χ4v) is 2.28. The van der Waals surface area contributed by atoms with Gasteiger partial charge < -0.3 is 14.5 Å². The number of methoxy groups -OCH3 is 1. The van der Waals surface area contributed by atoms with Crippen LogP contribution in [0.5, 0.6) is 5.75 Å². The molecular weight excluding hydrogens is 250 g/mol.